The summed E-state index contributed by atoms with van der Waals surface area (Å²) in [7, 11) is 0. The standard InChI is InChI=1S/C32H39FN4O4/c33-26-14-11-24(12-15-26)23-30(38)36-29(32(39)40)17-20-37(21-22-41-28-9-2-1-3-10-28)19-5-4-8-27-16-13-25-7-6-18-34-31(25)35-27/h1-3,9-16,29H,4-8,17-23H2,(H,34,35)(H,36,38)(H,39,40). The summed E-state index contributed by atoms with van der Waals surface area (Å²) >= 11 is 0. The van der Waals surface area contributed by atoms with Gasteiger partial charge in [0.25, 0.3) is 0 Å². The largest absolute Gasteiger partial charge is 0.492 e. The van der Waals surface area contributed by atoms with Crippen LogP contribution in [-0.4, -0.2) is 65.7 Å². The van der Waals surface area contributed by atoms with E-state index in [1.165, 1.54) is 29.8 Å². The molecule has 0 saturated carbocycles. The van der Waals surface area contributed by atoms with Crippen LogP contribution in [0.4, 0.5) is 10.2 Å². The molecule has 2 aromatic carbocycles. The van der Waals surface area contributed by atoms with Crippen molar-refractivity contribution in [3.63, 3.8) is 0 Å². The lowest BCUT2D eigenvalue weighted by Crippen LogP contribution is -2.44. The smallest absolute Gasteiger partial charge is 0.326 e. The van der Waals surface area contributed by atoms with E-state index in [4.69, 9.17) is 9.72 Å². The third-order valence-electron chi connectivity index (χ3n) is 7.17. The van der Waals surface area contributed by atoms with Gasteiger partial charge >= 0.3 is 5.97 Å². The molecule has 1 atom stereocenters. The minimum absolute atomic E-state index is 0.00899. The molecule has 3 aromatic rings. The topological polar surface area (TPSA) is 104 Å². The van der Waals surface area contributed by atoms with Gasteiger partial charge in [0.15, 0.2) is 0 Å². The van der Waals surface area contributed by atoms with Crippen molar-refractivity contribution in [2.75, 3.05) is 38.1 Å². The Kier molecular flexibility index (Phi) is 11.5. The number of fused-ring (bicyclic) bond motifs is 1. The highest BCUT2D eigenvalue weighted by molar-refractivity contribution is 5.84. The molecule has 9 heteroatoms. The lowest BCUT2D eigenvalue weighted by atomic mass is 10.1. The van der Waals surface area contributed by atoms with E-state index in [0.717, 1.165) is 62.5 Å². The molecule has 218 valence electrons. The molecule has 0 saturated heterocycles. The Bertz CT molecular complexity index is 1260. The van der Waals surface area contributed by atoms with Gasteiger partial charge in [-0.25, -0.2) is 14.2 Å². The summed E-state index contributed by atoms with van der Waals surface area (Å²) in [6.45, 7) is 3.33. The SMILES string of the molecule is O=C(Cc1ccc(F)cc1)NC(CCN(CCCCc1ccc2c(n1)NCCC2)CCOc1ccccc1)C(=O)O. The molecule has 1 aliphatic rings. The van der Waals surface area contributed by atoms with Crippen LogP contribution in [0.3, 0.4) is 0 Å². The van der Waals surface area contributed by atoms with Crippen LogP contribution in [0.25, 0.3) is 0 Å². The number of anilines is 1. The Morgan fingerprint density at radius 3 is 2.61 bits per heavy atom. The van der Waals surface area contributed by atoms with E-state index in [0.29, 0.717) is 25.3 Å². The number of benzene rings is 2. The molecule has 8 nitrogen and oxygen atoms in total. The van der Waals surface area contributed by atoms with Gasteiger partial charge in [0.05, 0.1) is 6.42 Å². The zero-order valence-corrected chi connectivity index (χ0v) is 23.4. The number of ether oxygens (including phenoxy) is 1. The van der Waals surface area contributed by atoms with E-state index in [1.54, 1.807) is 0 Å². The van der Waals surface area contributed by atoms with Gasteiger partial charge in [-0.15, -0.1) is 0 Å². The maximum Gasteiger partial charge on any atom is 0.326 e. The number of nitrogens with one attached hydrogen (secondary N) is 2. The number of unbranched alkanes of at least 4 members (excludes halogenated alkanes) is 1. The van der Waals surface area contributed by atoms with Gasteiger partial charge < -0.3 is 20.5 Å². The molecule has 0 bridgehead atoms. The predicted molar refractivity (Wildman–Crippen MR) is 157 cm³/mol. The number of aromatic nitrogens is 1. The molecule has 0 radical (unpaired) electrons. The Hall–Kier alpha value is -3.98. The van der Waals surface area contributed by atoms with E-state index < -0.39 is 17.9 Å². The number of para-hydroxylation sites is 1. The van der Waals surface area contributed by atoms with Gasteiger partial charge in [0.2, 0.25) is 5.91 Å². The van der Waals surface area contributed by atoms with Gasteiger partial charge in [-0.3, -0.25) is 9.69 Å². The number of hydrogen-bond donors (Lipinski definition) is 3. The molecule has 0 fully saturated rings. The summed E-state index contributed by atoms with van der Waals surface area (Å²) in [5, 5.41) is 15.8. The number of nitrogens with zero attached hydrogens (tertiary/aromatic N) is 2. The third kappa shape index (κ3) is 10.2. The second kappa shape index (κ2) is 15.7. The van der Waals surface area contributed by atoms with Crippen molar-refractivity contribution >= 4 is 17.7 Å². The molecule has 1 unspecified atom stereocenters. The summed E-state index contributed by atoms with van der Waals surface area (Å²) in [5.74, 6) is -0.0736. The number of amides is 1. The summed E-state index contributed by atoms with van der Waals surface area (Å²) in [4.78, 5) is 31.4. The van der Waals surface area contributed by atoms with Crippen LogP contribution < -0.4 is 15.4 Å². The fourth-order valence-corrected chi connectivity index (χ4v) is 4.90. The first-order chi connectivity index (χ1) is 20.0. The summed E-state index contributed by atoms with van der Waals surface area (Å²) in [5.41, 5.74) is 2.98. The molecule has 2 heterocycles. The highest BCUT2D eigenvalue weighted by Gasteiger charge is 2.21. The Labute approximate surface area is 240 Å². The van der Waals surface area contributed by atoms with Crippen molar-refractivity contribution in [3.05, 3.63) is 89.4 Å². The number of carbonyl (C=O) groups is 2. The van der Waals surface area contributed by atoms with E-state index in [9.17, 15) is 19.1 Å². The summed E-state index contributed by atoms with van der Waals surface area (Å²) in [6.07, 6.45) is 5.21. The number of hydrogen-bond acceptors (Lipinski definition) is 6. The maximum absolute atomic E-state index is 13.2. The fraction of sp³-hybridized carbons (Fsp3) is 0.406. The molecular weight excluding hydrogens is 523 g/mol. The van der Waals surface area contributed by atoms with Crippen molar-refractivity contribution in [2.24, 2.45) is 0 Å². The van der Waals surface area contributed by atoms with Gasteiger partial charge in [0.1, 0.15) is 30.0 Å². The maximum atomic E-state index is 13.2. The Balaban J connectivity index is 1.28. The number of halogens is 1. The molecule has 1 amide bonds. The van der Waals surface area contributed by atoms with Crippen LogP contribution in [0.15, 0.2) is 66.7 Å². The van der Waals surface area contributed by atoms with Gasteiger partial charge in [-0.1, -0.05) is 36.4 Å². The monoisotopic (exact) mass is 562 g/mol. The highest BCUT2D eigenvalue weighted by Crippen LogP contribution is 2.20. The molecule has 1 aliphatic heterocycles. The first kappa shape index (κ1) is 30.0. The van der Waals surface area contributed by atoms with Crippen LogP contribution in [0.2, 0.25) is 0 Å². The minimum Gasteiger partial charge on any atom is -0.492 e. The normalized spacial score (nSPS) is 13.2. The van der Waals surface area contributed by atoms with Crippen LogP contribution in [0.5, 0.6) is 5.75 Å². The zero-order chi connectivity index (χ0) is 28.9. The molecule has 0 aliphatic carbocycles. The molecule has 1 aromatic heterocycles. The van der Waals surface area contributed by atoms with Crippen molar-refractivity contribution in [1.29, 1.82) is 0 Å². The molecule has 4 rings (SSSR count). The quantitative estimate of drug-likeness (QED) is 0.221. The Morgan fingerprint density at radius 1 is 1.02 bits per heavy atom. The number of carboxylic acids is 1. The van der Waals surface area contributed by atoms with Gasteiger partial charge in [-0.2, -0.15) is 0 Å². The number of rotatable bonds is 16. The molecule has 41 heavy (non-hydrogen) atoms. The number of carboxylic acid groups (broad SMARTS) is 1. The first-order valence-electron chi connectivity index (χ1n) is 14.4. The number of carbonyl (C=O) groups excluding carboxylic acids is 1. The number of aliphatic carboxylic acids is 1. The van der Waals surface area contributed by atoms with Crippen LogP contribution in [0, 0.1) is 5.82 Å². The highest BCUT2D eigenvalue weighted by atomic mass is 19.1. The van der Waals surface area contributed by atoms with Crippen LogP contribution >= 0.6 is 0 Å². The lowest BCUT2D eigenvalue weighted by Gasteiger charge is -2.24. The Morgan fingerprint density at radius 2 is 1.83 bits per heavy atom. The zero-order valence-electron chi connectivity index (χ0n) is 23.4. The molecular formula is C32H39FN4O4. The van der Waals surface area contributed by atoms with Crippen molar-refractivity contribution in [2.45, 2.75) is 51.0 Å². The van der Waals surface area contributed by atoms with Crippen molar-refractivity contribution < 1.29 is 23.8 Å². The average molecular weight is 563 g/mol. The number of aryl methyl sites for hydroxylation is 2. The van der Waals surface area contributed by atoms with Crippen molar-refractivity contribution in [3.8, 4) is 5.75 Å². The average Bonchev–Trinajstić information content (AvgIpc) is 2.98. The van der Waals surface area contributed by atoms with Gasteiger partial charge in [-0.05, 0) is 86.5 Å². The summed E-state index contributed by atoms with van der Waals surface area (Å²) < 4.78 is 19.0. The van der Waals surface area contributed by atoms with E-state index in [-0.39, 0.29) is 18.7 Å². The van der Waals surface area contributed by atoms with Gasteiger partial charge in [0, 0.05) is 25.3 Å². The third-order valence-corrected chi connectivity index (χ3v) is 7.17. The predicted octanol–water partition coefficient (Wildman–Crippen LogP) is 4.48. The summed E-state index contributed by atoms with van der Waals surface area (Å²) in [6, 6.07) is 18.5. The van der Waals surface area contributed by atoms with E-state index in [1.807, 2.05) is 30.3 Å². The van der Waals surface area contributed by atoms with Crippen molar-refractivity contribution in [1.82, 2.24) is 15.2 Å². The van der Waals surface area contributed by atoms with E-state index in [2.05, 4.69) is 27.7 Å². The van der Waals surface area contributed by atoms with Crippen LogP contribution in [-0.2, 0) is 28.9 Å². The van der Waals surface area contributed by atoms with E-state index >= 15 is 0 Å². The fourth-order valence-electron chi connectivity index (χ4n) is 4.90. The first-order valence-corrected chi connectivity index (χ1v) is 14.4. The molecule has 3 N–H and O–H groups in total. The second-order valence-corrected chi connectivity index (χ2v) is 10.4. The second-order valence-electron chi connectivity index (χ2n) is 10.4. The minimum atomic E-state index is -1.08. The number of pyridine rings is 1. The molecule has 0 spiro atoms. The lowest BCUT2D eigenvalue weighted by molar-refractivity contribution is -0.142. The van der Waals surface area contributed by atoms with Crippen LogP contribution in [0.1, 0.15) is 42.5 Å².